The van der Waals surface area contributed by atoms with Crippen LogP contribution in [0.5, 0.6) is 11.5 Å². The molecule has 2 aromatic carbocycles. The Bertz CT molecular complexity index is 1370. The number of rotatable bonds is 4. The van der Waals surface area contributed by atoms with Gasteiger partial charge in [0.15, 0.2) is 6.10 Å². The molecule has 3 N–H and O–H groups in total. The van der Waals surface area contributed by atoms with Crippen molar-refractivity contribution in [3.05, 3.63) is 46.2 Å². The van der Waals surface area contributed by atoms with E-state index in [1.165, 1.54) is 26.2 Å². The number of aliphatic hydroxyl groups excluding tert-OH is 1. The molecule has 2 aliphatic rings. The Labute approximate surface area is 198 Å². The standard InChI is InChI=1S/C24H22O11/c1-9-15-10(7-12(32-2)16(9)22(30)34-4)6-11-17(18(15)26)21(29)24(35-5)14(25)8-13(33-3)20(28)23(24,31)19(11)27/h6-8,20,26,28,31H,1-5H3. The summed E-state index contributed by atoms with van der Waals surface area (Å²) in [5, 5.41) is 33.7. The highest BCUT2D eigenvalue weighted by Gasteiger charge is 2.74. The van der Waals surface area contributed by atoms with Gasteiger partial charge < -0.3 is 34.3 Å². The predicted molar refractivity (Wildman–Crippen MR) is 118 cm³/mol. The number of fused-ring (bicyclic) bond motifs is 3. The molecule has 0 radical (unpaired) electrons. The zero-order valence-electron chi connectivity index (χ0n) is 19.4. The van der Waals surface area contributed by atoms with Crippen LogP contribution in [-0.2, 0) is 19.0 Å². The van der Waals surface area contributed by atoms with Gasteiger partial charge in [0, 0.05) is 24.1 Å². The van der Waals surface area contributed by atoms with Crippen LogP contribution in [0.2, 0.25) is 0 Å². The maximum atomic E-state index is 13.8. The molecule has 2 aromatic rings. The maximum Gasteiger partial charge on any atom is 0.341 e. The molecule has 3 unspecified atom stereocenters. The SMILES string of the molecule is COC(=O)c1c(OC)cc2cc3c(c(O)c2c1C)C(=O)C1(OC)C(=O)C=C(OC)C(O)C1(O)C3=O. The van der Waals surface area contributed by atoms with Crippen LogP contribution in [0.3, 0.4) is 0 Å². The third kappa shape index (κ3) is 2.71. The van der Waals surface area contributed by atoms with Crippen LogP contribution in [0.25, 0.3) is 10.8 Å². The van der Waals surface area contributed by atoms with Crippen LogP contribution >= 0.6 is 0 Å². The fourth-order valence-electron chi connectivity index (χ4n) is 5.01. The molecule has 0 amide bonds. The minimum absolute atomic E-state index is 0.0136. The van der Waals surface area contributed by atoms with E-state index in [1.807, 2.05) is 0 Å². The number of benzene rings is 2. The third-order valence-corrected chi connectivity index (χ3v) is 6.73. The molecule has 4 rings (SSSR count). The van der Waals surface area contributed by atoms with Gasteiger partial charge >= 0.3 is 5.97 Å². The number of carbonyl (C=O) groups is 4. The van der Waals surface area contributed by atoms with Crippen molar-refractivity contribution in [2.24, 2.45) is 0 Å². The number of phenolic OH excluding ortho intramolecular Hbond substituents is 1. The van der Waals surface area contributed by atoms with Crippen molar-refractivity contribution >= 4 is 34.1 Å². The zero-order valence-corrected chi connectivity index (χ0v) is 19.4. The summed E-state index contributed by atoms with van der Waals surface area (Å²) in [4.78, 5) is 52.9. The molecule has 0 fully saturated rings. The molecule has 0 aromatic heterocycles. The summed E-state index contributed by atoms with van der Waals surface area (Å²) in [5.41, 5.74) is -6.90. The number of carbonyl (C=O) groups excluding carboxylic acids is 4. The second kappa shape index (κ2) is 7.87. The number of hydrogen-bond acceptors (Lipinski definition) is 11. The Hall–Kier alpha value is -3.80. The molecule has 0 spiro atoms. The summed E-state index contributed by atoms with van der Waals surface area (Å²) in [5.74, 6) is -5.52. The number of aliphatic hydroxyl groups is 2. The van der Waals surface area contributed by atoms with E-state index in [4.69, 9.17) is 18.9 Å². The minimum Gasteiger partial charge on any atom is -0.507 e. The molecule has 3 atom stereocenters. The Kier molecular flexibility index (Phi) is 5.47. The van der Waals surface area contributed by atoms with Crippen molar-refractivity contribution < 1.29 is 53.4 Å². The molecule has 0 bridgehead atoms. The molecule has 0 aliphatic heterocycles. The zero-order chi connectivity index (χ0) is 26.0. The number of aromatic hydroxyl groups is 1. The van der Waals surface area contributed by atoms with Crippen LogP contribution in [0.15, 0.2) is 24.0 Å². The van der Waals surface area contributed by atoms with Crippen LogP contribution in [0, 0.1) is 6.92 Å². The van der Waals surface area contributed by atoms with Gasteiger partial charge in [-0.1, -0.05) is 0 Å². The quantitative estimate of drug-likeness (QED) is 0.409. The molecule has 11 nitrogen and oxygen atoms in total. The van der Waals surface area contributed by atoms with Gasteiger partial charge in [-0.05, 0) is 30.0 Å². The van der Waals surface area contributed by atoms with E-state index in [0.29, 0.717) is 0 Å². The smallest absolute Gasteiger partial charge is 0.341 e. The normalized spacial score (nSPS) is 25.6. The number of aryl methyl sites for hydroxylation is 1. The van der Waals surface area contributed by atoms with Crippen molar-refractivity contribution in [2.75, 3.05) is 28.4 Å². The van der Waals surface area contributed by atoms with E-state index in [1.54, 1.807) is 0 Å². The second-order valence-corrected chi connectivity index (χ2v) is 8.14. The average Bonchev–Trinajstić information content (AvgIpc) is 2.84. The van der Waals surface area contributed by atoms with Crippen molar-refractivity contribution in [1.29, 1.82) is 0 Å². The monoisotopic (exact) mass is 486 g/mol. The average molecular weight is 486 g/mol. The van der Waals surface area contributed by atoms with Crippen molar-refractivity contribution in [3.63, 3.8) is 0 Å². The van der Waals surface area contributed by atoms with Gasteiger partial charge in [0.1, 0.15) is 22.8 Å². The first-order chi connectivity index (χ1) is 16.5. The molecule has 35 heavy (non-hydrogen) atoms. The molecule has 0 saturated carbocycles. The number of ketones is 3. The Balaban J connectivity index is 2.15. The largest absolute Gasteiger partial charge is 0.507 e. The second-order valence-electron chi connectivity index (χ2n) is 8.14. The highest BCUT2D eigenvalue weighted by Crippen LogP contribution is 2.50. The highest BCUT2D eigenvalue weighted by atomic mass is 16.5. The predicted octanol–water partition coefficient (Wildman–Crippen LogP) is 0.618. The van der Waals surface area contributed by atoms with Gasteiger partial charge in [0.2, 0.25) is 28.6 Å². The minimum atomic E-state index is -3.09. The van der Waals surface area contributed by atoms with E-state index in [2.05, 4.69) is 0 Å². The number of Topliss-reactive ketones (excluding diaryl/α,β-unsaturated/α-hetero) is 2. The number of methoxy groups -OCH3 is 4. The van der Waals surface area contributed by atoms with Gasteiger partial charge in [-0.2, -0.15) is 0 Å². The Morgan fingerprint density at radius 1 is 1.03 bits per heavy atom. The maximum absolute atomic E-state index is 13.8. The first-order valence-corrected chi connectivity index (χ1v) is 10.3. The van der Waals surface area contributed by atoms with Gasteiger partial charge in [-0.3, -0.25) is 14.4 Å². The summed E-state index contributed by atoms with van der Waals surface area (Å²) in [7, 11) is 4.49. The van der Waals surface area contributed by atoms with Crippen molar-refractivity contribution in [1.82, 2.24) is 0 Å². The Morgan fingerprint density at radius 3 is 2.23 bits per heavy atom. The summed E-state index contributed by atoms with van der Waals surface area (Å²) >= 11 is 0. The number of esters is 1. The molecule has 0 saturated heterocycles. The number of phenols is 1. The van der Waals surface area contributed by atoms with Gasteiger partial charge in [0.05, 0.1) is 26.9 Å². The van der Waals surface area contributed by atoms with E-state index in [0.717, 1.165) is 27.4 Å². The van der Waals surface area contributed by atoms with E-state index < -0.39 is 63.3 Å². The molecule has 0 heterocycles. The summed E-state index contributed by atoms with van der Waals surface area (Å²) < 4.78 is 20.2. The van der Waals surface area contributed by atoms with E-state index in [-0.39, 0.29) is 27.6 Å². The van der Waals surface area contributed by atoms with Crippen LogP contribution in [-0.4, -0.2) is 84.4 Å². The van der Waals surface area contributed by atoms with Crippen molar-refractivity contribution in [2.45, 2.75) is 24.2 Å². The lowest BCUT2D eigenvalue weighted by molar-refractivity contribution is -0.180. The highest BCUT2D eigenvalue weighted by molar-refractivity contribution is 6.35. The topological polar surface area (TPSA) is 166 Å². The Morgan fingerprint density at radius 2 is 1.69 bits per heavy atom. The molecule has 184 valence electrons. The molecular weight excluding hydrogens is 464 g/mol. The summed E-state index contributed by atoms with van der Waals surface area (Å²) in [6, 6.07) is 2.54. The lowest BCUT2D eigenvalue weighted by Gasteiger charge is -2.49. The summed E-state index contributed by atoms with van der Waals surface area (Å²) in [6.45, 7) is 1.48. The first-order valence-electron chi connectivity index (χ1n) is 10.3. The number of ether oxygens (including phenoxy) is 4. The molecule has 2 aliphatic carbocycles. The summed E-state index contributed by atoms with van der Waals surface area (Å²) in [6.07, 6.45) is -1.38. The lowest BCUT2D eigenvalue weighted by atomic mass is 9.60. The van der Waals surface area contributed by atoms with Crippen LogP contribution < -0.4 is 4.74 Å². The van der Waals surface area contributed by atoms with Crippen molar-refractivity contribution in [3.8, 4) is 11.5 Å². The fraction of sp³-hybridized carbons (Fsp3) is 0.333. The number of hydrogen-bond donors (Lipinski definition) is 3. The molecular formula is C24H22O11. The van der Waals surface area contributed by atoms with E-state index in [9.17, 15) is 34.5 Å². The van der Waals surface area contributed by atoms with E-state index >= 15 is 0 Å². The lowest BCUT2D eigenvalue weighted by Crippen LogP contribution is -2.77. The first kappa shape index (κ1) is 24.3. The third-order valence-electron chi connectivity index (χ3n) is 6.73. The van der Waals surface area contributed by atoms with Gasteiger partial charge in [-0.25, -0.2) is 4.79 Å². The van der Waals surface area contributed by atoms with Crippen LogP contribution in [0.1, 0.15) is 36.6 Å². The van der Waals surface area contributed by atoms with Gasteiger partial charge in [0.25, 0.3) is 0 Å². The van der Waals surface area contributed by atoms with Crippen LogP contribution in [0.4, 0.5) is 0 Å². The van der Waals surface area contributed by atoms with Gasteiger partial charge in [-0.15, -0.1) is 0 Å². The molecule has 11 heteroatoms. The fourth-order valence-corrected chi connectivity index (χ4v) is 5.01.